The quantitative estimate of drug-likeness (QED) is 0.758. The number of alkyl halides is 3. The van der Waals surface area contributed by atoms with Crippen molar-refractivity contribution in [2.75, 3.05) is 13.2 Å². The van der Waals surface area contributed by atoms with Gasteiger partial charge in [-0.1, -0.05) is 0 Å². The van der Waals surface area contributed by atoms with Crippen molar-refractivity contribution in [3.05, 3.63) is 65.5 Å². The molecule has 0 saturated carbocycles. The van der Waals surface area contributed by atoms with Gasteiger partial charge in [-0.2, -0.15) is 13.2 Å². The van der Waals surface area contributed by atoms with E-state index in [2.05, 4.69) is 10.3 Å². The van der Waals surface area contributed by atoms with Crippen LogP contribution < -0.4 is 5.32 Å². The van der Waals surface area contributed by atoms with Crippen molar-refractivity contribution in [2.45, 2.75) is 37.2 Å². The number of amides is 2. The third kappa shape index (κ3) is 4.50. The first-order valence-electron chi connectivity index (χ1n) is 10.1. The summed E-state index contributed by atoms with van der Waals surface area (Å²) in [6.07, 6.45) is -1.10. The van der Waals surface area contributed by atoms with E-state index in [4.69, 9.17) is 4.74 Å². The molecule has 0 spiro atoms. The molecule has 2 aliphatic rings. The number of ketones is 1. The molecule has 2 aliphatic heterocycles. The molecule has 1 aromatic carbocycles. The molecular weight excluding hydrogens is 427 g/mol. The van der Waals surface area contributed by atoms with Crippen LogP contribution in [0.3, 0.4) is 0 Å². The molecular formula is C22H20F3N3O4. The second kappa shape index (κ2) is 8.70. The molecule has 168 valence electrons. The van der Waals surface area contributed by atoms with E-state index in [0.29, 0.717) is 13.0 Å². The number of rotatable bonds is 5. The average Bonchev–Trinajstić information content (AvgIpc) is 3.36. The van der Waals surface area contributed by atoms with E-state index in [0.717, 1.165) is 29.8 Å². The lowest BCUT2D eigenvalue weighted by atomic mass is 10.0. The Labute approximate surface area is 181 Å². The number of ether oxygens (including phenoxy) is 1. The standard InChI is InChI=1S/C22H20F3N3O4/c23-22(24,25)15-3-1-14(2-4-15)20(30)27-16(11-13-5-8-26-9-6-13)21(31)28-10-7-18-19(28)17(29)12-32-18/h1-6,8-9,16,18-19H,7,10-12H2,(H,27,30). The zero-order valence-corrected chi connectivity index (χ0v) is 16.8. The van der Waals surface area contributed by atoms with Gasteiger partial charge in [0, 0.05) is 30.9 Å². The van der Waals surface area contributed by atoms with E-state index < -0.39 is 35.6 Å². The first kappa shape index (κ1) is 21.9. The van der Waals surface area contributed by atoms with E-state index in [1.165, 1.54) is 4.90 Å². The maximum Gasteiger partial charge on any atom is 0.416 e. The Morgan fingerprint density at radius 2 is 1.84 bits per heavy atom. The minimum absolute atomic E-state index is 0.00916. The van der Waals surface area contributed by atoms with E-state index >= 15 is 0 Å². The van der Waals surface area contributed by atoms with Crippen molar-refractivity contribution < 1.29 is 32.3 Å². The van der Waals surface area contributed by atoms with Crippen molar-refractivity contribution in [3.63, 3.8) is 0 Å². The number of nitrogens with zero attached hydrogens (tertiary/aromatic N) is 2. The summed E-state index contributed by atoms with van der Waals surface area (Å²) in [5, 5.41) is 2.63. The molecule has 0 aliphatic carbocycles. The minimum Gasteiger partial charge on any atom is -0.368 e. The number of hydrogen-bond acceptors (Lipinski definition) is 5. The highest BCUT2D eigenvalue weighted by atomic mass is 19.4. The van der Waals surface area contributed by atoms with Gasteiger partial charge in [-0.05, 0) is 48.4 Å². The molecule has 0 radical (unpaired) electrons. The highest BCUT2D eigenvalue weighted by molar-refractivity contribution is 5.99. The van der Waals surface area contributed by atoms with Gasteiger partial charge in [0.2, 0.25) is 5.91 Å². The molecule has 3 atom stereocenters. The van der Waals surface area contributed by atoms with E-state index in [1.807, 2.05) is 0 Å². The Morgan fingerprint density at radius 3 is 2.50 bits per heavy atom. The van der Waals surface area contributed by atoms with Crippen molar-refractivity contribution in [1.29, 1.82) is 0 Å². The Morgan fingerprint density at radius 1 is 1.16 bits per heavy atom. The smallest absolute Gasteiger partial charge is 0.368 e. The molecule has 3 heterocycles. The molecule has 2 amide bonds. The molecule has 2 aromatic rings. The summed E-state index contributed by atoms with van der Waals surface area (Å²) in [7, 11) is 0. The second-order valence-corrected chi connectivity index (χ2v) is 7.74. The zero-order valence-electron chi connectivity index (χ0n) is 16.8. The first-order chi connectivity index (χ1) is 15.2. The fraction of sp³-hybridized carbons (Fsp3) is 0.364. The molecule has 2 fully saturated rings. The van der Waals surface area contributed by atoms with Gasteiger partial charge in [-0.3, -0.25) is 19.4 Å². The van der Waals surface area contributed by atoms with Gasteiger partial charge in [0.15, 0.2) is 5.78 Å². The summed E-state index contributed by atoms with van der Waals surface area (Å²) >= 11 is 0. The van der Waals surface area contributed by atoms with Crippen molar-refractivity contribution >= 4 is 17.6 Å². The van der Waals surface area contributed by atoms with Crippen LogP contribution in [-0.2, 0) is 26.9 Å². The number of benzene rings is 1. The highest BCUT2D eigenvalue weighted by Crippen LogP contribution is 2.30. The van der Waals surface area contributed by atoms with E-state index in [1.54, 1.807) is 24.5 Å². The lowest BCUT2D eigenvalue weighted by Gasteiger charge is -2.27. The van der Waals surface area contributed by atoms with Gasteiger partial charge >= 0.3 is 6.18 Å². The maximum atomic E-state index is 13.3. The number of halogens is 3. The van der Waals surface area contributed by atoms with Crippen LogP contribution in [0, 0.1) is 0 Å². The average molecular weight is 447 g/mol. The van der Waals surface area contributed by atoms with Crippen LogP contribution in [0.5, 0.6) is 0 Å². The molecule has 0 bridgehead atoms. The van der Waals surface area contributed by atoms with Crippen molar-refractivity contribution in [2.24, 2.45) is 0 Å². The number of nitrogens with one attached hydrogen (secondary N) is 1. The summed E-state index contributed by atoms with van der Waals surface area (Å²) in [5.74, 6) is -1.30. The molecule has 32 heavy (non-hydrogen) atoms. The topological polar surface area (TPSA) is 88.6 Å². The van der Waals surface area contributed by atoms with Crippen LogP contribution in [0.15, 0.2) is 48.8 Å². The maximum absolute atomic E-state index is 13.3. The van der Waals surface area contributed by atoms with Gasteiger partial charge < -0.3 is 15.0 Å². The Kier molecular flexibility index (Phi) is 5.96. The predicted molar refractivity (Wildman–Crippen MR) is 106 cm³/mol. The summed E-state index contributed by atoms with van der Waals surface area (Å²) in [6, 6.07) is 5.45. The third-order valence-electron chi connectivity index (χ3n) is 5.66. The Hall–Kier alpha value is -3.27. The summed E-state index contributed by atoms with van der Waals surface area (Å²) in [5.41, 5.74) is -0.151. The van der Waals surface area contributed by atoms with Gasteiger partial charge in [0.1, 0.15) is 18.7 Å². The fourth-order valence-electron chi connectivity index (χ4n) is 4.05. The number of likely N-dealkylation sites (tertiary alicyclic amines) is 1. The summed E-state index contributed by atoms with van der Waals surface area (Å²) in [4.78, 5) is 43.6. The molecule has 1 aromatic heterocycles. The molecule has 10 heteroatoms. The largest absolute Gasteiger partial charge is 0.416 e. The van der Waals surface area contributed by atoms with Crippen LogP contribution >= 0.6 is 0 Å². The lowest BCUT2D eigenvalue weighted by Crippen LogP contribution is -2.53. The van der Waals surface area contributed by atoms with Gasteiger partial charge in [0.25, 0.3) is 5.91 Å². The van der Waals surface area contributed by atoms with Crippen molar-refractivity contribution in [3.8, 4) is 0 Å². The zero-order chi connectivity index (χ0) is 22.9. The summed E-state index contributed by atoms with van der Waals surface area (Å²) < 4.78 is 43.8. The number of hydrogen-bond donors (Lipinski definition) is 1. The first-order valence-corrected chi connectivity index (χ1v) is 10.1. The molecule has 2 saturated heterocycles. The second-order valence-electron chi connectivity index (χ2n) is 7.74. The van der Waals surface area contributed by atoms with Crippen LogP contribution in [0.25, 0.3) is 0 Å². The third-order valence-corrected chi connectivity index (χ3v) is 5.66. The molecule has 4 rings (SSSR count). The van der Waals surface area contributed by atoms with Gasteiger partial charge in [-0.25, -0.2) is 0 Å². The molecule has 7 nitrogen and oxygen atoms in total. The monoisotopic (exact) mass is 447 g/mol. The van der Waals surface area contributed by atoms with Gasteiger partial charge in [0.05, 0.1) is 11.7 Å². The number of pyridine rings is 1. The number of carbonyl (C=O) groups is 3. The van der Waals surface area contributed by atoms with Crippen LogP contribution in [0.2, 0.25) is 0 Å². The van der Waals surface area contributed by atoms with Crippen LogP contribution in [0.1, 0.15) is 27.9 Å². The predicted octanol–water partition coefficient (Wildman–Crippen LogP) is 2.01. The Balaban J connectivity index is 1.55. The number of fused-ring (bicyclic) bond motifs is 1. The van der Waals surface area contributed by atoms with E-state index in [9.17, 15) is 27.6 Å². The molecule has 3 unspecified atom stereocenters. The Bertz CT molecular complexity index is 1010. The number of Topliss-reactive ketones (excluding diaryl/α,β-unsaturated/α-hetero) is 1. The number of aromatic nitrogens is 1. The van der Waals surface area contributed by atoms with E-state index in [-0.39, 0.29) is 30.5 Å². The normalized spacial score (nSPS) is 21.3. The van der Waals surface area contributed by atoms with Crippen LogP contribution in [-0.4, -0.2) is 58.8 Å². The minimum atomic E-state index is -4.52. The number of carbonyl (C=O) groups excluding carboxylic acids is 3. The molecule has 1 N–H and O–H groups in total. The van der Waals surface area contributed by atoms with Crippen LogP contribution in [0.4, 0.5) is 13.2 Å². The SMILES string of the molecule is O=C(NC(Cc1ccncc1)C(=O)N1CCC2OCC(=O)C21)c1ccc(C(F)(F)F)cc1. The summed E-state index contributed by atoms with van der Waals surface area (Å²) in [6.45, 7) is 0.273. The fourth-order valence-corrected chi connectivity index (χ4v) is 4.05. The van der Waals surface area contributed by atoms with Gasteiger partial charge in [-0.15, -0.1) is 0 Å². The lowest BCUT2D eigenvalue weighted by molar-refractivity contribution is -0.138. The highest BCUT2D eigenvalue weighted by Gasteiger charge is 2.48. The van der Waals surface area contributed by atoms with Crippen molar-refractivity contribution in [1.82, 2.24) is 15.2 Å².